The van der Waals surface area contributed by atoms with Gasteiger partial charge in [0.25, 0.3) is 0 Å². The second kappa shape index (κ2) is 10.3. The van der Waals surface area contributed by atoms with Gasteiger partial charge in [-0.25, -0.2) is 9.98 Å². The molecule has 2 aromatic heterocycles. The zero-order valence-corrected chi connectivity index (χ0v) is 17.9. The van der Waals surface area contributed by atoms with Crippen LogP contribution in [0.3, 0.4) is 0 Å². The van der Waals surface area contributed by atoms with Crippen molar-refractivity contribution in [3.63, 3.8) is 0 Å². The molecular formula is C17H27IN6O2. The van der Waals surface area contributed by atoms with Crippen LogP contribution in [0.4, 0.5) is 0 Å². The predicted molar refractivity (Wildman–Crippen MR) is 112 cm³/mol. The Morgan fingerprint density at radius 1 is 1.42 bits per heavy atom. The third-order valence-corrected chi connectivity index (χ3v) is 3.70. The number of nitrogens with zero attached hydrogens (tertiary/aromatic N) is 4. The highest BCUT2D eigenvalue weighted by Gasteiger charge is 2.24. The Morgan fingerprint density at radius 3 is 2.81 bits per heavy atom. The molecule has 0 aliphatic rings. The van der Waals surface area contributed by atoms with Crippen LogP contribution in [0, 0.1) is 0 Å². The molecule has 0 fully saturated rings. The van der Waals surface area contributed by atoms with E-state index < -0.39 is 5.60 Å². The maximum atomic E-state index is 10.6. The molecule has 8 nitrogen and oxygen atoms in total. The molecule has 9 heteroatoms. The standard InChI is InChI=1S/C17H26N6O2.HI/c1-5-18-16(20-9-13-6-7-19-15(8-13)25-4)21-12-17(2,24)14-10-22-23(3)11-14;/h6-8,10-11,24H,5,9,12H2,1-4H3,(H2,18,20,21);1H. The lowest BCUT2D eigenvalue weighted by Crippen LogP contribution is -2.44. The van der Waals surface area contributed by atoms with Crippen LogP contribution in [0.2, 0.25) is 0 Å². The SMILES string of the molecule is CCNC(=NCc1ccnc(OC)c1)NCC(C)(O)c1cnn(C)c1.I. The molecule has 1 atom stereocenters. The van der Waals surface area contributed by atoms with Gasteiger partial charge in [-0.05, 0) is 25.5 Å². The van der Waals surface area contributed by atoms with Crippen molar-refractivity contribution in [1.29, 1.82) is 0 Å². The Labute approximate surface area is 171 Å². The van der Waals surface area contributed by atoms with Crippen LogP contribution in [0.1, 0.15) is 25.0 Å². The van der Waals surface area contributed by atoms with Crippen LogP contribution in [-0.4, -0.2) is 46.0 Å². The van der Waals surface area contributed by atoms with Crippen molar-refractivity contribution in [2.24, 2.45) is 12.0 Å². The van der Waals surface area contributed by atoms with E-state index in [9.17, 15) is 5.11 Å². The highest BCUT2D eigenvalue weighted by Crippen LogP contribution is 2.18. The minimum atomic E-state index is -1.05. The first-order valence-electron chi connectivity index (χ1n) is 8.17. The number of rotatable bonds is 7. The number of methoxy groups -OCH3 is 1. The van der Waals surface area contributed by atoms with E-state index in [4.69, 9.17) is 4.74 Å². The number of aliphatic hydroxyl groups is 1. The van der Waals surface area contributed by atoms with E-state index in [1.165, 1.54) is 0 Å². The lowest BCUT2D eigenvalue weighted by Gasteiger charge is -2.23. The highest BCUT2D eigenvalue weighted by atomic mass is 127. The number of hydrogen-bond donors (Lipinski definition) is 3. The molecule has 2 heterocycles. The van der Waals surface area contributed by atoms with Gasteiger partial charge in [-0.3, -0.25) is 4.68 Å². The van der Waals surface area contributed by atoms with Gasteiger partial charge in [0.1, 0.15) is 5.60 Å². The van der Waals surface area contributed by atoms with Crippen molar-refractivity contribution in [2.75, 3.05) is 20.2 Å². The maximum Gasteiger partial charge on any atom is 0.213 e. The molecule has 0 aromatic carbocycles. The molecule has 0 radical (unpaired) electrons. The van der Waals surface area contributed by atoms with E-state index in [-0.39, 0.29) is 24.0 Å². The van der Waals surface area contributed by atoms with E-state index in [0.29, 0.717) is 24.9 Å². The summed E-state index contributed by atoms with van der Waals surface area (Å²) in [4.78, 5) is 8.62. The van der Waals surface area contributed by atoms with Gasteiger partial charge >= 0.3 is 0 Å². The topological polar surface area (TPSA) is 96.6 Å². The second-order valence-electron chi connectivity index (χ2n) is 5.93. The van der Waals surface area contributed by atoms with Crippen LogP contribution in [0.5, 0.6) is 5.88 Å². The largest absolute Gasteiger partial charge is 0.481 e. The molecule has 1 unspecified atom stereocenters. The van der Waals surface area contributed by atoms with Crippen molar-refractivity contribution in [2.45, 2.75) is 26.0 Å². The maximum absolute atomic E-state index is 10.6. The second-order valence-corrected chi connectivity index (χ2v) is 5.93. The number of nitrogens with one attached hydrogen (secondary N) is 2. The van der Waals surface area contributed by atoms with E-state index in [0.717, 1.165) is 17.7 Å². The molecule has 0 amide bonds. The average Bonchev–Trinajstić information content (AvgIpc) is 3.05. The molecule has 0 aliphatic heterocycles. The van der Waals surface area contributed by atoms with Crippen LogP contribution < -0.4 is 15.4 Å². The molecule has 0 spiro atoms. The Bertz CT molecular complexity index is 717. The van der Waals surface area contributed by atoms with Crippen LogP contribution in [0.15, 0.2) is 35.7 Å². The summed E-state index contributed by atoms with van der Waals surface area (Å²) < 4.78 is 6.79. The Morgan fingerprint density at radius 2 is 2.19 bits per heavy atom. The molecule has 0 bridgehead atoms. The monoisotopic (exact) mass is 474 g/mol. The summed E-state index contributed by atoms with van der Waals surface area (Å²) in [6.07, 6.45) is 5.15. The zero-order chi connectivity index (χ0) is 18.3. The molecule has 2 rings (SSSR count). The van der Waals surface area contributed by atoms with Crippen LogP contribution in [-0.2, 0) is 19.2 Å². The number of aryl methyl sites for hydroxylation is 1. The first-order valence-corrected chi connectivity index (χ1v) is 8.17. The zero-order valence-electron chi connectivity index (χ0n) is 15.6. The molecular weight excluding hydrogens is 447 g/mol. The number of aliphatic imine (C=N–C) groups is 1. The summed E-state index contributed by atoms with van der Waals surface area (Å²) in [7, 11) is 3.41. The van der Waals surface area contributed by atoms with E-state index in [1.54, 1.807) is 37.3 Å². The van der Waals surface area contributed by atoms with Gasteiger partial charge in [0.05, 0.1) is 26.4 Å². The molecule has 26 heavy (non-hydrogen) atoms. The van der Waals surface area contributed by atoms with Gasteiger partial charge in [0.15, 0.2) is 5.96 Å². The van der Waals surface area contributed by atoms with Gasteiger partial charge in [0, 0.05) is 37.6 Å². The molecule has 2 aromatic rings. The summed E-state index contributed by atoms with van der Waals surface area (Å²) in [5.74, 6) is 1.19. The van der Waals surface area contributed by atoms with Gasteiger partial charge in [-0.2, -0.15) is 5.10 Å². The minimum Gasteiger partial charge on any atom is -0.481 e. The molecule has 0 saturated carbocycles. The summed E-state index contributed by atoms with van der Waals surface area (Å²) in [6.45, 7) is 5.24. The number of ether oxygens (including phenoxy) is 1. The lowest BCUT2D eigenvalue weighted by molar-refractivity contribution is 0.0616. The van der Waals surface area contributed by atoms with Crippen molar-refractivity contribution >= 4 is 29.9 Å². The number of hydrogen-bond acceptors (Lipinski definition) is 5. The molecule has 0 aliphatic carbocycles. The van der Waals surface area contributed by atoms with Crippen molar-refractivity contribution in [3.05, 3.63) is 41.9 Å². The fourth-order valence-electron chi connectivity index (χ4n) is 2.23. The summed E-state index contributed by atoms with van der Waals surface area (Å²) in [5.41, 5.74) is 0.685. The van der Waals surface area contributed by atoms with Crippen LogP contribution in [0.25, 0.3) is 0 Å². The van der Waals surface area contributed by atoms with Gasteiger partial charge < -0.3 is 20.5 Å². The van der Waals surface area contributed by atoms with E-state index in [2.05, 4.69) is 25.7 Å². The van der Waals surface area contributed by atoms with E-state index >= 15 is 0 Å². The highest BCUT2D eigenvalue weighted by molar-refractivity contribution is 14.0. The number of halogens is 1. The normalized spacial score (nSPS) is 13.5. The molecule has 3 N–H and O–H groups in total. The average molecular weight is 474 g/mol. The van der Waals surface area contributed by atoms with Gasteiger partial charge in [0.2, 0.25) is 5.88 Å². The summed E-state index contributed by atoms with van der Waals surface area (Å²) in [6, 6.07) is 3.74. The molecule has 144 valence electrons. The smallest absolute Gasteiger partial charge is 0.213 e. The van der Waals surface area contributed by atoms with Gasteiger partial charge in [-0.1, -0.05) is 0 Å². The Hall–Kier alpha value is -1.88. The first-order chi connectivity index (χ1) is 11.9. The van der Waals surface area contributed by atoms with Crippen molar-refractivity contribution in [3.8, 4) is 5.88 Å². The van der Waals surface area contributed by atoms with Crippen LogP contribution >= 0.6 is 24.0 Å². The fraction of sp³-hybridized carbons (Fsp3) is 0.471. The van der Waals surface area contributed by atoms with Crippen molar-refractivity contribution < 1.29 is 9.84 Å². The number of pyridine rings is 1. The number of guanidine groups is 1. The predicted octanol–water partition coefficient (Wildman–Crippen LogP) is 1.40. The quantitative estimate of drug-likeness (QED) is 0.319. The fourth-order valence-corrected chi connectivity index (χ4v) is 2.23. The van der Waals surface area contributed by atoms with E-state index in [1.807, 2.05) is 26.1 Å². The van der Waals surface area contributed by atoms with Gasteiger partial charge in [-0.15, -0.1) is 24.0 Å². The summed E-state index contributed by atoms with van der Waals surface area (Å²) >= 11 is 0. The van der Waals surface area contributed by atoms with Crippen molar-refractivity contribution in [1.82, 2.24) is 25.4 Å². The summed E-state index contributed by atoms with van der Waals surface area (Å²) in [5, 5.41) is 21.1. The first kappa shape index (κ1) is 22.2. The number of aromatic nitrogens is 3. The third kappa shape index (κ3) is 6.45. The molecule has 0 saturated heterocycles. The Kier molecular flexibility index (Phi) is 8.79. The minimum absolute atomic E-state index is 0. The lowest BCUT2D eigenvalue weighted by atomic mass is 10.00. The third-order valence-electron chi connectivity index (χ3n) is 3.70. The Balaban J connectivity index is 0.00000338.